The molecule has 12 fully saturated rings. The Morgan fingerprint density at radius 1 is 0.197 bits per heavy atom. The molecule has 63 heteroatoms. The van der Waals surface area contributed by atoms with Crippen molar-refractivity contribution >= 4 is 11.8 Å². The fraction of sp³-hybridized carbons (Fsp3) is 0.975. The van der Waals surface area contributed by atoms with Gasteiger partial charge < -0.3 is 303 Å². The molecule has 12 aliphatic rings. The molecular weight excluding hydrogens is 1950 g/mol. The standard InChI is InChI=1S/C79H134N2O61/c1-4-5-119-68-32(80-18(2)92)44(104)59(28(14-90)130-68)134-69-33(81-19(3)93)45(105)60(29(15-91)131-69)135-75-58(118)63(138-78-67(52(112)40(100)25(11-87)128-78)142-79-66(51(111)39(99)26(12-88)129-79)141-74-57(117)61(41(101)27(13-89)125-74)136-71-53(113)46(106)34(94)20(6-82)122-71)43(103)31(133-75)16-120-70-56(116)62(137-77-65(50(110)38(98)24(10-86)127-77)140-73-55(115)48(108)36(96)22(8-84)124-73)42(102)30(132-70)17-121-76-64(49(109)37(97)23(9-85)126-76)139-72-54(114)47(107)35(95)21(7-83)123-72/h20-79,82-91,94-118H,4-17H2,1-3H3,(H,80,92)(H,81,93)/t20-,21-,22-,23-,24-,25-,26-,27-,28-,29-,30-,31-,32-,33-,34-,35-,36-,37-,38-,39-,40-,41-,42-,43-,44-,45-,46+,47+,48+,49+,50+,51+,52+,53-,54+,55+,56+,57+,58+,59-,60-,61+,62+,63+,64+,65+,66+,67+,68-,69+,70+,71+,72-,73-,74-,75+,76+,77-,78-,79-/m1/s1. The minimum Gasteiger partial charge on any atom is -0.394 e. The zero-order valence-electron chi connectivity index (χ0n) is 75.8. The number of hydrogen-bond donors (Lipinski definition) is 37. The summed E-state index contributed by atoms with van der Waals surface area (Å²) in [6.07, 6.45) is -129. The highest BCUT2D eigenvalue weighted by Gasteiger charge is 2.64. The summed E-state index contributed by atoms with van der Waals surface area (Å²) in [5, 5.41) is 399. The van der Waals surface area contributed by atoms with E-state index in [1.54, 1.807) is 6.92 Å². The van der Waals surface area contributed by atoms with Crippen LogP contribution in [0, 0.1) is 0 Å². The molecule has 0 bridgehead atoms. The molecule has 0 aromatic carbocycles. The Hall–Kier alpha value is -3.42. The zero-order chi connectivity index (χ0) is 104. The quantitative estimate of drug-likeness (QED) is 0.0272. The van der Waals surface area contributed by atoms with Crippen LogP contribution in [0.4, 0.5) is 0 Å². The van der Waals surface area contributed by atoms with Gasteiger partial charge >= 0.3 is 0 Å². The lowest BCUT2D eigenvalue weighted by atomic mass is 9.93. The van der Waals surface area contributed by atoms with Gasteiger partial charge in [0.05, 0.1) is 79.3 Å². The smallest absolute Gasteiger partial charge is 0.217 e. The topological polar surface area (TPSA) is 988 Å². The van der Waals surface area contributed by atoms with Crippen molar-refractivity contribution in [1.82, 2.24) is 10.6 Å². The summed E-state index contributed by atoms with van der Waals surface area (Å²) in [5.74, 6) is -1.73. The van der Waals surface area contributed by atoms with Gasteiger partial charge in [0.2, 0.25) is 11.8 Å². The number of carbonyl (C=O) groups is 2. The van der Waals surface area contributed by atoms with Crippen LogP contribution in [0.2, 0.25) is 0 Å². The van der Waals surface area contributed by atoms with Crippen molar-refractivity contribution in [3.63, 3.8) is 0 Å². The maximum absolute atomic E-state index is 13.3. The van der Waals surface area contributed by atoms with Crippen LogP contribution >= 0.6 is 0 Å². The first-order valence-electron chi connectivity index (χ1n) is 45.7. The number of aliphatic hydroxyl groups is 35. The average molecular weight is 2090 g/mol. The lowest BCUT2D eigenvalue weighted by Crippen LogP contribution is -2.70. The van der Waals surface area contributed by atoms with Crippen molar-refractivity contribution in [2.45, 2.75) is 396 Å². The molecule has 63 nitrogen and oxygen atoms in total. The summed E-state index contributed by atoms with van der Waals surface area (Å²) >= 11 is 0. The van der Waals surface area contributed by atoms with E-state index in [1.807, 2.05) is 0 Å². The van der Waals surface area contributed by atoms with Crippen LogP contribution in [0.15, 0.2) is 0 Å². The maximum atomic E-state index is 13.3. The Morgan fingerprint density at radius 2 is 0.408 bits per heavy atom. The Kier molecular flexibility index (Phi) is 42.8. The SMILES string of the molecule is CCCO[C@@H]1O[C@H](CO)[C@@H](O[C@@H]2O[C@H](CO)[C@@H](O[C@@H]3O[C@H](CO[C@H]4O[C@H](CO[C@H]5O[C@H](CO)[C@@H](O)[C@H](O)[C@@H]5O[C@H]5O[C@H](CO)[C@@H](O)[C@H](O)[C@@H]5O)[C@@H](O)[C@H](O[C@H]5O[C@H](CO)[C@@H](O)[C@H](O)[C@@H]5O[C@H]5O[C@H](CO)[C@@H](O)[C@H](O)[C@@H]5O)[C@@H]4O)[C@@H](O)[C@H](O[C@H]4O[C@H](CO)[C@@H](O)[C@H](O)[C@@H]4O[C@H]4O[C@H](CO)[C@@H](O)[C@H](O)[C@@H]4O[C@H]4O[C@H](CO)[C@@H](O)[C@H](O[C@@H]5O[C@H](CO)[C@@H](O)[C@H](O)[C@H]5O)[C@@H]4O)[C@@H]3O)[C@H](O)[C@H]2NC(C)=O)[C@H](O)[C@H]1NC(C)=O. The van der Waals surface area contributed by atoms with E-state index in [0.717, 1.165) is 13.8 Å². The third-order valence-electron chi connectivity index (χ3n) is 26.4. The number of aliphatic hydroxyl groups excluding tert-OH is 35. The Labute approximate surface area is 803 Å². The van der Waals surface area contributed by atoms with Gasteiger partial charge in [-0.15, -0.1) is 0 Å². The van der Waals surface area contributed by atoms with E-state index < -0.39 is 459 Å². The first-order chi connectivity index (χ1) is 67.4. The van der Waals surface area contributed by atoms with E-state index in [4.69, 9.17) is 114 Å². The van der Waals surface area contributed by atoms with Crippen LogP contribution in [-0.2, 0) is 123 Å². The summed E-state index contributed by atoms with van der Waals surface area (Å²) in [7, 11) is 0. The molecule has 0 saturated carbocycles. The summed E-state index contributed by atoms with van der Waals surface area (Å²) < 4.78 is 143. The van der Waals surface area contributed by atoms with E-state index in [2.05, 4.69) is 10.6 Å². The molecule has 0 aromatic heterocycles. The van der Waals surface area contributed by atoms with E-state index in [9.17, 15) is 188 Å². The molecule has 0 radical (unpaired) electrons. The predicted octanol–water partition coefficient (Wildman–Crippen LogP) is -25.4. The molecule has 60 atom stereocenters. The van der Waals surface area contributed by atoms with Crippen LogP contribution in [0.25, 0.3) is 0 Å². The summed E-state index contributed by atoms with van der Waals surface area (Å²) in [5.41, 5.74) is 0. The molecule has 0 unspecified atom stereocenters. The maximum Gasteiger partial charge on any atom is 0.217 e. The van der Waals surface area contributed by atoms with Gasteiger partial charge in [0.25, 0.3) is 0 Å². The summed E-state index contributed by atoms with van der Waals surface area (Å²) in [4.78, 5) is 25.9. The van der Waals surface area contributed by atoms with Gasteiger partial charge in [0.15, 0.2) is 75.5 Å². The highest BCUT2D eigenvalue weighted by Crippen LogP contribution is 2.43. The lowest BCUT2D eigenvalue weighted by Gasteiger charge is -2.51. The molecule has 12 aliphatic heterocycles. The van der Waals surface area contributed by atoms with E-state index in [1.165, 1.54) is 0 Å². The number of nitrogens with one attached hydrogen (secondary N) is 2. The van der Waals surface area contributed by atoms with E-state index >= 15 is 0 Å². The lowest BCUT2D eigenvalue weighted by molar-refractivity contribution is -0.411. The molecule has 0 aliphatic carbocycles. The molecule has 0 spiro atoms. The number of carbonyl (C=O) groups excluding carboxylic acids is 2. The molecule has 37 N–H and O–H groups in total. The Morgan fingerprint density at radius 3 is 0.732 bits per heavy atom. The van der Waals surface area contributed by atoms with Gasteiger partial charge in [0.1, 0.15) is 293 Å². The molecular formula is C79H134N2O61. The normalized spacial score (nSPS) is 51.1. The third-order valence-corrected chi connectivity index (χ3v) is 26.4. The first-order valence-corrected chi connectivity index (χ1v) is 45.7. The van der Waals surface area contributed by atoms with Crippen LogP contribution < -0.4 is 10.6 Å². The fourth-order valence-corrected chi connectivity index (χ4v) is 18.3. The Balaban J connectivity index is 0.908. The summed E-state index contributed by atoms with van der Waals surface area (Å²) in [6, 6.07) is -3.50. The fourth-order valence-electron chi connectivity index (χ4n) is 18.3. The van der Waals surface area contributed by atoms with Crippen molar-refractivity contribution in [2.24, 2.45) is 0 Å². The average Bonchev–Trinajstić information content (AvgIpc) is 0.762. The summed E-state index contributed by atoms with van der Waals surface area (Å²) in [6.45, 7) is -10.4. The van der Waals surface area contributed by atoms with Gasteiger partial charge in [-0.1, -0.05) is 6.92 Å². The predicted molar refractivity (Wildman–Crippen MR) is 432 cm³/mol. The molecule has 142 heavy (non-hydrogen) atoms. The van der Waals surface area contributed by atoms with Crippen molar-refractivity contribution in [1.29, 1.82) is 0 Å². The van der Waals surface area contributed by atoms with Gasteiger partial charge in [-0.25, -0.2) is 0 Å². The van der Waals surface area contributed by atoms with Crippen molar-refractivity contribution in [3.8, 4) is 0 Å². The second-order valence-corrected chi connectivity index (χ2v) is 36.0. The van der Waals surface area contributed by atoms with Gasteiger partial charge in [-0.2, -0.15) is 0 Å². The monoisotopic (exact) mass is 2090 g/mol. The van der Waals surface area contributed by atoms with Crippen LogP contribution in [0.5, 0.6) is 0 Å². The molecule has 12 rings (SSSR count). The highest BCUT2D eigenvalue weighted by molar-refractivity contribution is 5.73. The second-order valence-electron chi connectivity index (χ2n) is 36.0. The highest BCUT2D eigenvalue weighted by atomic mass is 16.8. The molecule has 12 heterocycles. The largest absolute Gasteiger partial charge is 0.394 e. The molecule has 2 amide bonds. The van der Waals surface area contributed by atoms with Gasteiger partial charge in [0, 0.05) is 20.5 Å². The zero-order valence-corrected chi connectivity index (χ0v) is 75.8. The number of rotatable bonds is 39. The number of ether oxygens (including phenoxy) is 24. The van der Waals surface area contributed by atoms with Crippen LogP contribution in [-0.4, -0.2) is 645 Å². The minimum atomic E-state index is -2.74. The van der Waals surface area contributed by atoms with Crippen LogP contribution in [0.1, 0.15) is 27.2 Å². The molecule has 12 saturated heterocycles. The number of hydrogen-bond acceptors (Lipinski definition) is 61. The number of amides is 2. The van der Waals surface area contributed by atoms with Gasteiger partial charge in [-0.05, 0) is 6.42 Å². The minimum absolute atomic E-state index is 0.0136. The Bertz CT molecular complexity index is 3790. The van der Waals surface area contributed by atoms with Crippen LogP contribution in [0.3, 0.4) is 0 Å². The molecule has 826 valence electrons. The van der Waals surface area contributed by atoms with E-state index in [-0.39, 0.29) is 6.61 Å². The third kappa shape index (κ3) is 25.4. The van der Waals surface area contributed by atoms with Crippen molar-refractivity contribution in [3.05, 3.63) is 0 Å². The van der Waals surface area contributed by atoms with Crippen molar-refractivity contribution in [2.75, 3.05) is 85.9 Å². The van der Waals surface area contributed by atoms with Crippen molar-refractivity contribution < 1.29 is 302 Å². The van der Waals surface area contributed by atoms with Gasteiger partial charge in [-0.3, -0.25) is 9.59 Å². The first kappa shape index (κ1) is 117. The van der Waals surface area contributed by atoms with E-state index in [0.29, 0.717) is 6.42 Å². The second kappa shape index (κ2) is 51.8. The molecule has 0 aromatic rings.